The second-order valence-electron chi connectivity index (χ2n) is 7.76. The van der Waals surface area contributed by atoms with E-state index < -0.39 is 0 Å². The second kappa shape index (κ2) is 7.04. The number of nitrogen functional groups attached to an aromatic ring is 1. The smallest absolute Gasteiger partial charge is 0.142 e. The minimum absolute atomic E-state index is 0.725. The Morgan fingerprint density at radius 2 is 1.90 bits per heavy atom. The van der Waals surface area contributed by atoms with Gasteiger partial charge in [0, 0.05) is 43.4 Å². The van der Waals surface area contributed by atoms with Crippen LogP contribution in [-0.2, 0) is 0 Å². The third-order valence-corrected chi connectivity index (χ3v) is 6.05. The van der Waals surface area contributed by atoms with Crippen LogP contribution in [0.4, 0.5) is 11.4 Å². The Balaban J connectivity index is 1.52. The number of aromatic nitrogens is 3. The number of imidazole rings is 1. The molecule has 2 aromatic heterocycles. The number of pyridine rings is 1. The largest absolute Gasteiger partial charge is 0.398 e. The molecule has 148 valence electrons. The highest BCUT2D eigenvalue weighted by molar-refractivity contribution is 5.99. The number of likely N-dealkylation sites (N-methyl/N-ethyl adjacent to an activating group) is 1. The van der Waals surface area contributed by atoms with Crippen molar-refractivity contribution < 1.29 is 0 Å². The fourth-order valence-electron chi connectivity index (χ4n) is 4.28. The summed E-state index contributed by atoms with van der Waals surface area (Å²) in [6.45, 7) is 9.75. The molecule has 0 atom stereocenters. The van der Waals surface area contributed by atoms with Crippen LogP contribution in [0.25, 0.3) is 33.3 Å². The van der Waals surface area contributed by atoms with Gasteiger partial charge in [-0.2, -0.15) is 0 Å². The molecule has 4 aromatic rings. The van der Waals surface area contributed by atoms with Gasteiger partial charge < -0.3 is 20.5 Å². The van der Waals surface area contributed by atoms with Gasteiger partial charge in [-0.3, -0.25) is 4.98 Å². The molecule has 3 heterocycles. The van der Waals surface area contributed by atoms with Crippen LogP contribution >= 0.6 is 0 Å². The van der Waals surface area contributed by atoms with Crippen LogP contribution in [0.1, 0.15) is 12.5 Å². The van der Waals surface area contributed by atoms with Gasteiger partial charge in [-0.1, -0.05) is 19.1 Å². The number of H-pyrrole nitrogens is 1. The molecule has 0 spiro atoms. The summed E-state index contributed by atoms with van der Waals surface area (Å²) in [5, 5.41) is 1.000. The summed E-state index contributed by atoms with van der Waals surface area (Å²) in [7, 11) is 0. The molecule has 1 fully saturated rings. The van der Waals surface area contributed by atoms with Crippen molar-refractivity contribution in [1.82, 2.24) is 19.9 Å². The first-order chi connectivity index (χ1) is 14.1. The Morgan fingerprint density at radius 3 is 2.69 bits per heavy atom. The van der Waals surface area contributed by atoms with Gasteiger partial charge in [-0.05, 0) is 43.3 Å². The second-order valence-corrected chi connectivity index (χ2v) is 7.76. The molecule has 0 unspecified atom stereocenters. The van der Waals surface area contributed by atoms with Crippen molar-refractivity contribution in [3.8, 4) is 11.4 Å². The number of nitrogens with two attached hydrogens (primary N) is 1. The Labute approximate surface area is 170 Å². The monoisotopic (exact) mass is 386 g/mol. The number of piperazine rings is 1. The average Bonchev–Trinajstić information content (AvgIpc) is 3.17. The maximum atomic E-state index is 6.53. The molecular formula is C23H26N6. The van der Waals surface area contributed by atoms with E-state index in [1.807, 2.05) is 18.3 Å². The van der Waals surface area contributed by atoms with Crippen LogP contribution in [0.5, 0.6) is 0 Å². The van der Waals surface area contributed by atoms with Crippen LogP contribution in [0, 0.1) is 6.92 Å². The molecule has 2 aromatic carbocycles. The van der Waals surface area contributed by atoms with Crippen molar-refractivity contribution in [2.45, 2.75) is 13.8 Å². The molecule has 1 aliphatic rings. The van der Waals surface area contributed by atoms with Crippen molar-refractivity contribution in [2.24, 2.45) is 0 Å². The summed E-state index contributed by atoms with van der Waals surface area (Å²) < 4.78 is 0. The minimum Gasteiger partial charge on any atom is -0.398 e. The lowest BCUT2D eigenvalue weighted by Gasteiger charge is -2.35. The lowest BCUT2D eigenvalue weighted by Crippen LogP contribution is -2.46. The van der Waals surface area contributed by atoms with Crippen molar-refractivity contribution in [3.05, 3.63) is 48.2 Å². The van der Waals surface area contributed by atoms with Crippen LogP contribution in [0.2, 0.25) is 0 Å². The Kier molecular flexibility index (Phi) is 4.36. The van der Waals surface area contributed by atoms with Gasteiger partial charge in [0.2, 0.25) is 0 Å². The van der Waals surface area contributed by atoms with Gasteiger partial charge in [-0.15, -0.1) is 0 Å². The summed E-state index contributed by atoms with van der Waals surface area (Å²) in [5.41, 5.74) is 13.4. The van der Waals surface area contributed by atoms with E-state index in [2.05, 4.69) is 57.9 Å². The highest BCUT2D eigenvalue weighted by Crippen LogP contribution is 2.33. The highest BCUT2D eigenvalue weighted by Gasteiger charge is 2.17. The van der Waals surface area contributed by atoms with Gasteiger partial charge in [0.15, 0.2) is 0 Å². The quantitative estimate of drug-likeness (QED) is 0.560. The van der Waals surface area contributed by atoms with E-state index in [1.165, 1.54) is 5.69 Å². The maximum Gasteiger partial charge on any atom is 0.142 e. The van der Waals surface area contributed by atoms with Crippen LogP contribution in [0.15, 0.2) is 42.6 Å². The number of hydrogen-bond acceptors (Lipinski definition) is 5. The van der Waals surface area contributed by atoms with Crippen molar-refractivity contribution in [2.75, 3.05) is 43.4 Å². The normalized spacial score (nSPS) is 15.4. The molecule has 0 amide bonds. The van der Waals surface area contributed by atoms with Crippen molar-refractivity contribution in [1.29, 1.82) is 0 Å². The standard InChI is InChI=1S/C23H26N6/c1-3-28-9-11-29(12-10-28)16-7-8-18-20(13-16)27-23(26-18)17-14-25-19-6-4-5-15(2)21(19)22(17)24/h4-8,13-14H,3,9-12H2,1-2H3,(H2,24,25)(H,26,27). The van der Waals surface area contributed by atoms with E-state index in [-0.39, 0.29) is 0 Å². The number of nitrogens with zero attached hydrogens (tertiary/aromatic N) is 4. The molecule has 3 N–H and O–H groups in total. The molecule has 0 radical (unpaired) electrons. The van der Waals surface area contributed by atoms with Crippen molar-refractivity contribution in [3.63, 3.8) is 0 Å². The van der Waals surface area contributed by atoms with E-state index in [0.717, 1.165) is 77.3 Å². The molecule has 5 rings (SSSR count). The summed E-state index contributed by atoms with van der Waals surface area (Å²) in [6, 6.07) is 12.5. The summed E-state index contributed by atoms with van der Waals surface area (Å²) >= 11 is 0. The third kappa shape index (κ3) is 3.09. The van der Waals surface area contributed by atoms with E-state index in [1.54, 1.807) is 0 Å². The number of nitrogens with one attached hydrogen (secondary N) is 1. The Hall–Kier alpha value is -3.12. The highest BCUT2D eigenvalue weighted by atomic mass is 15.3. The predicted octanol–water partition coefficient (Wildman–Crippen LogP) is 3.81. The zero-order valence-corrected chi connectivity index (χ0v) is 16.9. The van der Waals surface area contributed by atoms with Gasteiger partial charge in [-0.25, -0.2) is 4.98 Å². The molecule has 1 saturated heterocycles. The minimum atomic E-state index is 0.725. The zero-order chi connectivity index (χ0) is 20.0. The van der Waals surface area contributed by atoms with E-state index in [9.17, 15) is 0 Å². The van der Waals surface area contributed by atoms with Gasteiger partial charge in [0.1, 0.15) is 5.82 Å². The van der Waals surface area contributed by atoms with Crippen LogP contribution in [0.3, 0.4) is 0 Å². The molecule has 1 aliphatic heterocycles. The molecule has 0 bridgehead atoms. The zero-order valence-electron chi connectivity index (χ0n) is 16.9. The number of anilines is 2. The first-order valence-electron chi connectivity index (χ1n) is 10.3. The summed E-state index contributed by atoms with van der Waals surface area (Å²) in [6.07, 6.45) is 1.82. The molecule has 29 heavy (non-hydrogen) atoms. The van der Waals surface area contributed by atoms with E-state index >= 15 is 0 Å². The fourth-order valence-corrected chi connectivity index (χ4v) is 4.28. The number of rotatable bonds is 3. The number of fused-ring (bicyclic) bond motifs is 2. The van der Waals surface area contributed by atoms with E-state index in [4.69, 9.17) is 10.7 Å². The predicted molar refractivity (Wildman–Crippen MR) is 120 cm³/mol. The van der Waals surface area contributed by atoms with Crippen LogP contribution in [-0.4, -0.2) is 52.6 Å². The average molecular weight is 387 g/mol. The molecular weight excluding hydrogens is 360 g/mol. The SMILES string of the molecule is CCN1CCN(c2ccc3nc(-c4cnc5cccc(C)c5c4N)[nH]c3c2)CC1. The van der Waals surface area contributed by atoms with Gasteiger partial charge in [0.05, 0.1) is 27.8 Å². The number of aryl methyl sites for hydroxylation is 1. The Morgan fingerprint density at radius 1 is 1.07 bits per heavy atom. The number of aromatic amines is 1. The molecule has 0 saturated carbocycles. The summed E-state index contributed by atoms with van der Waals surface area (Å²) in [4.78, 5) is 17.8. The van der Waals surface area contributed by atoms with Gasteiger partial charge >= 0.3 is 0 Å². The summed E-state index contributed by atoms with van der Waals surface area (Å²) in [5.74, 6) is 0.767. The van der Waals surface area contributed by atoms with E-state index in [0.29, 0.717) is 0 Å². The number of hydrogen-bond donors (Lipinski definition) is 2. The third-order valence-electron chi connectivity index (χ3n) is 6.05. The first kappa shape index (κ1) is 17.9. The molecule has 6 heteroatoms. The molecule has 0 aliphatic carbocycles. The lowest BCUT2D eigenvalue weighted by atomic mass is 10.0. The van der Waals surface area contributed by atoms with Crippen molar-refractivity contribution >= 4 is 33.3 Å². The van der Waals surface area contributed by atoms with Gasteiger partial charge in [0.25, 0.3) is 0 Å². The lowest BCUT2D eigenvalue weighted by molar-refractivity contribution is 0.271. The molecule has 6 nitrogen and oxygen atoms in total. The Bertz CT molecular complexity index is 1190. The topological polar surface area (TPSA) is 74.1 Å². The maximum absolute atomic E-state index is 6.53. The number of benzene rings is 2. The first-order valence-corrected chi connectivity index (χ1v) is 10.3. The van der Waals surface area contributed by atoms with Crippen LogP contribution < -0.4 is 10.6 Å². The fraction of sp³-hybridized carbons (Fsp3) is 0.304.